The van der Waals surface area contributed by atoms with Crippen molar-refractivity contribution in [3.05, 3.63) is 60.3 Å². The van der Waals surface area contributed by atoms with Crippen molar-refractivity contribution in [1.82, 2.24) is 20.0 Å². The minimum atomic E-state index is 0.781. The maximum atomic E-state index is 4.39. The molecule has 4 aromatic rings. The van der Waals surface area contributed by atoms with Gasteiger partial charge in [0.25, 0.3) is 0 Å². The van der Waals surface area contributed by atoms with E-state index in [-0.39, 0.29) is 0 Å². The largest absolute Gasteiger partial charge is 0.265 e. The molecule has 4 rings (SSSR count). The third-order valence-electron chi connectivity index (χ3n) is 3.38. The highest BCUT2D eigenvalue weighted by atomic mass is 15.4. The zero-order chi connectivity index (χ0) is 12.7. The molecular formula is C15H12N4. The minimum Gasteiger partial charge on any atom is -0.265 e. The summed E-state index contributed by atoms with van der Waals surface area (Å²) in [5.41, 5.74) is 4.21. The van der Waals surface area contributed by atoms with E-state index < -0.39 is 0 Å². The van der Waals surface area contributed by atoms with Crippen LogP contribution < -0.4 is 0 Å². The van der Waals surface area contributed by atoms with E-state index in [2.05, 4.69) is 39.6 Å². The van der Waals surface area contributed by atoms with Gasteiger partial charge in [-0.1, -0.05) is 36.4 Å². The Hall–Kier alpha value is -2.62. The van der Waals surface area contributed by atoms with Gasteiger partial charge in [0.2, 0.25) is 0 Å². The second-order valence-corrected chi connectivity index (χ2v) is 4.60. The molecule has 2 heterocycles. The van der Waals surface area contributed by atoms with Crippen molar-refractivity contribution in [1.29, 1.82) is 0 Å². The third kappa shape index (κ3) is 1.61. The molecule has 4 nitrogen and oxygen atoms in total. The van der Waals surface area contributed by atoms with E-state index in [0.29, 0.717) is 0 Å². The van der Waals surface area contributed by atoms with E-state index >= 15 is 0 Å². The molecule has 0 radical (unpaired) electrons. The first-order chi connectivity index (χ1) is 9.42. The highest BCUT2D eigenvalue weighted by molar-refractivity contribution is 6.01. The molecule has 19 heavy (non-hydrogen) atoms. The molecule has 0 unspecified atom stereocenters. The van der Waals surface area contributed by atoms with Crippen LogP contribution in [0.1, 0.15) is 5.56 Å². The minimum absolute atomic E-state index is 0.781. The molecule has 0 aliphatic heterocycles. The van der Waals surface area contributed by atoms with Crippen LogP contribution in [-0.2, 0) is 6.54 Å². The fourth-order valence-electron chi connectivity index (χ4n) is 2.43. The second kappa shape index (κ2) is 3.95. The molecule has 0 bridgehead atoms. The molecule has 0 fully saturated rings. The SMILES string of the molecule is c1ccc(Cn2[nH]nc3c4nccc4ccc32)cc1. The molecule has 1 N–H and O–H groups in total. The summed E-state index contributed by atoms with van der Waals surface area (Å²) >= 11 is 0. The van der Waals surface area contributed by atoms with E-state index in [1.54, 1.807) is 0 Å². The van der Waals surface area contributed by atoms with Crippen LogP contribution >= 0.6 is 0 Å². The van der Waals surface area contributed by atoms with Gasteiger partial charge in [-0.3, -0.25) is 9.67 Å². The lowest BCUT2D eigenvalue weighted by atomic mass is 10.2. The number of nitrogens with one attached hydrogen (secondary N) is 1. The Kier molecular flexibility index (Phi) is 2.14. The zero-order valence-electron chi connectivity index (χ0n) is 10.2. The molecule has 0 aliphatic rings. The summed E-state index contributed by atoms with van der Waals surface area (Å²) in [5.74, 6) is 0. The summed E-state index contributed by atoms with van der Waals surface area (Å²) in [6.07, 6.45) is 1.82. The summed E-state index contributed by atoms with van der Waals surface area (Å²) in [6.45, 7) is 0.781. The van der Waals surface area contributed by atoms with Gasteiger partial charge in [-0.2, -0.15) is 5.10 Å². The van der Waals surface area contributed by atoms with Gasteiger partial charge in [-0.05, 0) is 17.7 Å². The van der Waals surface area contributed by atoms with Crippen LogP contribution in [0.15, 0.2) is 54.7 Å². The third-order valence-corrected chi connectivity index (χ3v) is 3.38. The van der Waals surface area contributed by atoms with E-state index in [1.165, 1.54) is 5.56 Å². The molecule has 0 amide bonds. The van der Waals surface area contributed by atoms with Crippen molar-refractivity contribution in [3.63, 3.8) is 0 Å². The van der Waals surface area contributed by atoms with Gasteiger partial charge in [-0.25, -0.2) is 5.21 Å². The van der Waals surface area contributed by atoms with E-state index in [9.17, 15) is 0 Å². The Labute approximate surface area is 109 Å². The standard InChI is InChI=1S/C15H12N4/c1-2-4-11(5-3-1)10-19-13-7-6-12-8-9-16-14(12)15(13)17-18-19/h1-9,18H,10H2. The van der Waals surface area contributed by atoms with Crippen LogP contribution in [0.4, 0.5) is 0 Å². The van der Waals surface area contributed by atoms with Crippen molar-refractivity contribution < 1.29 is 0 Å². The first kappa shape index (κ1) is 10.3. The monoisotopic (exact) mass is 248 g/mol. The fraction of sp³-hybridized carbons (Fsp3) is 0.0667. The Morgan fingerprint density at radius 2 is 1.84 bits per heavy atom. The van der Waals surface area contributed by atoms with E-state index in [1.807, 2.05) is 35.1 Å². The van der Waals surface area contributed by atoms with Crippen LogP contribution in [0.3, 0.4) is 0 Å². The van der Waals surface area contributed by atoms with Gasteiger partial charge in [0, 0.05) is 11.6 Å². The summed E-state index contributed by atoms with van der Waals surface area (Å²) in [4.78, 5) is 4.37. The average molecular weight is 248 g/mol. The number of nitrogens with zero attached hydrogens (tertiary/aromatic N) is 3. The predicted octanol–water partition coefficient (Wildman–Crippen LogP) is 2.96. The smallest absolute Gasteiger partial charge is 0.136 e. The quantitative estimate of drug-likeness (QED) is 0.593. The van der Waals surface area contributed by atoms with Crippen molar-refractivity contribution in [2.24, 2.45) is 0 Å². The molecule has 4 heteroatoms. The van der Waals surface area contributed by atoms with Crippen molar-refractivity contribution >= 4 is 21.9 Å². The number of benzene rings is 2. The van der Waals surface area contributed by atoms with Gasteiger partial charge < -0.3 is 0 Å². The van der Waals surface area contributed by atoms with Crippen LogP contribution in [0, 0.1) is 0 Å². The highest BCUT2D eigenvalue weighted by Crippen LogP contribution is 2.22. The summed E-state index contributed by atoms with van der Waals surface area (Å²) in [7, 11) is 0. The molecule has 0 saturated carbocycles. The van der Waals surface area contributed by atoms with E-state index in [4.69, 9.17) is 0 Å². The van der Waals surface area contributed by atoms with Crippen molar-refractivity contribution in [3.8, 4) is 0 Å². The maximum absolute atomic E-state index is 4.39. The Balaban J connectivity index is 1.87. The summed E-state index contributed by atoms with van der Waals surface area (Å²) < 4.78 is 2.04. The molecule has 92 valence electrons. The zero-order valence-corrected chi connectivity index (χ0v) is 10.2. The molecule has 0 saturated heterocycles. The molecule has 2 aromatic heterocycles. The molecule has 0 spiro atoms. The number of aromatic amines is 1. The molecule has 2 aromatic carbocycles. The first-order valence-corrected chi connectivity index (χ1v) is 6.24. The predicted molar refractivity (Wildman–Crippen MR) is 74.9 cm³/mol. The number of fused-ring (bicyclic) bond motifs is 3. The van der Waals surface area contributed by atoms with Crippen molar-refractivity contribution in [2.75, 3.05) is 0 Å². The topological polar surface area (TPSA) is 46.5 Å². The number of hydrogen-bond donors (Lipinski definition) is 1. The van der Waals surface area contributed by atoms with Gasteiger partial charge in [0.15, 0.2) is 0 Å². The number of rotatable bonds is 2. The average Bonchev–Trinajstić information content (AvgIpc) is 3.06. The van der Waals surface area contributed by atoms with Crippen molar-refractivity contribution in [2.45, 2.75) is 6.54 Å². The lowest BCUT2D eigenvalue weighted by Gasteiger charge is -2.03. The fourth-order valence-corrected chi connectivity index (χ4v) is 2.43. The van der Waals surface area contributed by atoms with Crippen LogP contribution in [0.2, 0.25) is 0 Å². The van der Waals surface area contributed by atoms with Crippen LogP contribution in [0.25, 0.3) is 21.9 Å². The van der Waals surface area contributed by atoms with Gasteiger partial charge in [0.1, 0.15) is 5.52 Å². The molecular weight excluding hydrogens is 236 g/mol. The van der Waals surface area contributed by atoms with Gasteiger partial charge in [0.05, 0.1) is 17.6 Å². The number of aromatic nitrogens is 4. The second-order valence-electron chi connectivity index (χ2n) is 4.60. The molecule has 0 atom stereocenters. The van der Waals surface area contributed by atoms with Crippen LogP contribution in [-0.4, -0.2) is 20.0 Å². The maximum Gasteiger partial charge on any atom is 0.136 e. The number of hydrogen-bond acceptors (Lipinski definition) is 2. The first-order valence-electron chi connectivity index (χ1n) is 6.24. The molecule has 0 aliphatic carbocycles. The van der Waals surface area contributed by atoms with E-state index in [0.717, 1.165) is 28.5 Å². The Morgan fingerprint density at radius 1 is 0.947 bits per heavy atom. The lowest BCUT2D eigenvalue weighted by molar-refractivity contribution is 0.670. The Bertz CT molecular complexity index is 842. The summed E-state index contributed by atoms with van der Waals surface area (Å²) in [6, 6.07) is 16.5. The lowest BCUT2D eigenvalue weighted by Crippen LogP contribution is -2.01. The normalized spacial score (nSPS) is 11.4. The highest BCUT2D eigenvalue weighted by Gasteiger charge is 2.08. The van der Waals surface area contributed by atoms with Crippen LogP contribution in [0.5, 0.6) is 0 Å². The Morgan fingerprint density at radius 3 is 2.74 bits per heavy atom. The van der Waals surface area contributed by atoms with Gasteiger partial charge >= 0.3 is 0 Å². The number of H-pyrrole nitrogens is 1. The van der Waals surface area contributed by atoms with Gasteiger partial charge in [-0.15, -0.1) is 0 Å². The summed E-state index contributed by atoms with van der Waals surface area (Å²) in [5, 5.41) is 8.59.